The van der Waals surface area contributed by atoms with E-state index in [-0.39, 0.29) is 31.3 Å². The fourth-order valence-corrected chi connectivity index (χ4v) is 4.38. The van der Waals surface area contributed by atoms with Crippen LogP contribution in [0.25, 0.3) is 10.9 Å². The normalized spacial score (nSPS) is 16.4. The largest absolute Gasteiger partial charge is 0.489 e. The molecular weight excluding hydrogens is 436 g/mol. The molecule has 3 aromatic rings. The van der Waals surface area contributed by atoms with E-state index >= 15 is 0 Å². The maximum Gasteiger partial charge on any atom is 0.311 e. The number of aryl methyl sites for hydroxylation is 1. The molecule has 0 saturated carbocycles. The molecule has 1 unspecified atom stereocenters. The van der Waals surface area contributed by atoms with Crippen LogP contribution in [0.2, 0.25) is 0 Å². The molecule has 0 radical (unpaired) electrons. The number of carboxylic acid groups (broad SMARTS) is 2. The second kappa shape index (κ2) is 9.96. The van der Waals surface area contributed by atoms with Gasteiger partial charge in [0.2, 0.25) is 0 Å². The fourth-order valence-electron chi connectivity index (χ4n) is 4.38. The van der Waals surface area contributed by atoms with Crippen molar-refractivity contribution in [2.24, 2.45) is 5.73 Å². The van der Waals surface area contributed by atoms with E-state index in [1.54, 1.807) is 36.4 Å². The lowest BCUT2D eigenvalue weighted by atomic mass is 9.94. The predicted molar refractivity (Wildman–Crippen MR) is 128 cm³/mol. The van der Waals surface area contributed by atoms with Crippen LogP contribution in [-0.2, 0) is 22.6 Å². The van der Waals surface area contributed by atoms with Crippen LogP contribution in [0.15, 0.2) is 48.5 Å². The topological polar surface area (TPSA) is 151 Å². The van der Waals surface area contributed by atoms with Crippen LogP contribution in [0, 0.1) is 5.41 Å². The van der Waals surface area contributed by atoms with Gasteiger partial charge in [0.05, 0.1) is 12.3 Å². The summed E-state index contributed by atoms with van der Waals surface area (Å²) in [5.74, 6) is -2.11. The van der Waals surface area contributed by atoms with E-state index in [4.69, 9.17) is 15.9 Å². The molecule has 0 bridgehead atoms. The Morgan fingerprint density at radius 1 is 1.18 bits per heavy atom. The number of carbonyl (C=O) groups is 2. The third kappa shape index (κ3) is 5.20. The Bertz CT molecular complexity index is 1210. The zero-order chi connectivity index (χ0) is 24.2. The standard InChI is InChI=1S/C25H28N4O5/c26-24(27)17-2-1-16-11-18(29(22(16)12-17)10-8-23(30)31)13-21(25(32)33)15-3-5-19(6-4-15)34-20-7-9-28-14-20/h1-6,11-12,20-21,28H,7-10,13-14H2,(H3,26,27)(H,30,31)(H,32,33)/t20-,21?/m0/s1. The molecule has 34 heavy (non-hydrogen) atoms. The molecule has 2 aromatic carbocycles. The quantitative estimate of drug-likeness (QED) is 0.228. The second-order valence-electron chi connectivity index (χ2n) is 8.51. The van der Waals surface area contributed by atoms with Crippen molar-refractivity contribution in [3.05, 3.63) is 65.4 Å². The molecule has 0 spiro atoms. The maximum absolute atomic E-state index is 12.2. The van der Waals surface area contributed by atoms with E-state index in [0.717, 1.165) is 30.4 Å². The zero-order valence-corrected chi connectivity index (χ0v) is 18.7. The highest BCUT2D eigenvalue weighted by atomic mass is 16.5. The highest BCUT2D eigenvalue weighted by Crippen LogP contribution is 2.29. The first-order valence-corrected chi connectivity index (χ1v) is 11.2. The number of aliphatic carboxylic acids is 2. The van der Waals surface area contributed by atoms with E-state index in [0.29, 0.717) is 22.6 Å². The number of nitrogens with zero attached hydrogens (tertiary/aromatic N) is 1. The summed E-state index contributed by atoms with van der Waals surface area (Å²) in [7, 11) is 0. The van der Waals surface area contributed by atoms with Crippen molar-refractivity contribution in [1.82, 2.24) is 9.88 Å². The number of nitrogens with two attached hydrogens (primary N) is 1. The van der Waals surface area contributed by atoms with E-state index in [9.17, 15) is 19.8 Å². The minimum absolute atomic E-state index is 0.0893. The lowest BCUT2D eigenvalue weighted by Gasteiger charge is -2.17. The summed E-state index contributed by atoms with van der Waals surface area (Å²) in [6.07, 6.45) is 1.13. The first-order valence-electron chi connectivity index (χ1n) is 11.2. The van der Waals surface area contributed by atoms with E-state index in [1.165, 1.54) is 0 Å². The average Bonchev–Trinajstić information content (AvgIpc) is 3.43. The van der Waals surface area contributed by atoms with Gasteiger partial charge in [0.1, 0.15) is 17.7 Å². The third-order valence-corrected chi connectivity index (χ3v) is 6.16. The summed E-state index contributed by atoms with van der Waals surface area (Å²) in [6.45, 7) is 1.91. The predicted octanol–water partition coefficient (Wildman–Crippen LogP) is 2.55. The summed E-state index contributed by atoms with van der Waals surface area (Å²) >= 11 is 0. The molecule has 9 heteroatoms. The van der Waals surface area contributed by atoms with Crippen LogP contribution in [-0.4, -0.2) is 51.7 Å². The number of aromatic nitrogens is 1. The Balaban J connectivity index is 1.63. The molecule has 1 aliphatic rings. The van der Waals surface area contributed by atoms with Crippen LogP contribution in [0.5, 0.6) is 5.75 Å². The number of rotatable bonds is 10. The first-order chi connectivity index (χ1) is 16.3. The maximum atomic E-state index is 12.2. The number of carboxylic acids is 2. The number of amidine groups is 1. The van der Waals surface area contributed by atoms with E-state index in [1.807, 2.05) is 16.7 Å². The van der Waals surface area contributed by atoms with Gasteiger partial charge >= 0.3 is 11.9 Å². The number of fused-ring (bicyclic) bond motifs is 1. The third-order valence-electron chi connectivity index (χ3n) is 6.16. The highest BCUT2D eigenvalue weighted by Gasteiger charge is 2.24. The Kier molecular flexibility index (Phi) is 6.83. The number of hydrogen-bond donors (Lipinski definition) is 5. The molecule has 0 aliphatic carbocycles. The van der Waals surface area contributed by atoms with Crippen molar-refractivity contribution in [2.45, 2.75) is 37.8 Å². The van der Waals surface area contributed by atoms with Crippen molar-refractivity contribution in [2.75, 3.05) is 13.1 Å². The molecule has 1 saturated heterocycles. The second-order valence-corrected chi connectivity index (χ2v) is 8.51. The van der Waals surface area contributed by atoms with Crippen molar-refractivity contribution >= 4 is 28.7 Å². The van der Waals surface area contributed by atoms with Gasteiger partial charge in [0, 0.05) is 36.3 Å². The molecule has 1 aromatic heterocycles. The van der Waals surface area contributed by atoms with Gasteiger partial charge < -0.3 is 30.6 Å². The minimum atomic E-state index is -0.965. The fraction of sp³-hybridized carbons (Fsp3) is 0.320. The molecule has 178 valence electrons. The summed E-state index contributed by atoms with van der Waals surface area (Å²) in [6, 6.07) is 14.3. The van der Waals surface area contributed by atoms with Crippen molar-refractivity contribution < 1.29 is 24.5 Å². The molecule has 2 heterocycles. The van der Waals surface area contributed by atoms with Gasteiger partial charge in [-0.2, -0.15) is 0 Å². The molecule has 6 N–H and O–H groups in total. The molecule has 9 nitrogen and oxygen atoms in total. The number of nitrogens with one attached hydrogen (secondary N) is 2. The molecular formula is C25H28N4O5. The molecule has 4 rings (SSSR count). The minimum Gasteiger partial charge on any atom is -0.489 e. The summed E-state index contributed by atoms with van der Waals surface area (Å²) in [5, 5.41) is 31.0. The molecule has 2 atom stereocenters. The van der Waals surface area contributed by atoms with Gasteiger partial charge in [0.15, 0.2) is 0 Å². The van der Waals surface area contributed by atoms with Crippen molar-refractivity contribution in [1.29, 1.82) is 5.41 Å². The Labute approximate surface area is 196 Å². The molecule has 1 aliphatic heterocycles. The van der Waals surface area contributed by atoms with E-state index in [2.05, 4.69) is 5.32 Å². The van der Waals surface area contributed by atoms with Crippen molar-refractivity contribution in [3.8, 4) is 5.75 Å². The van der Waals surface area contributed by atoms with Crippen LogP contribution in [0.3, 0.4) is 0 Å². The van der Waals surface area contributed by atoms with Crippen LogP contribution in [0.4, 0.5) is 0 Å². The van der Waals surface area contributed by atoms with Gasteiger partial charge in [-0.1, -0.05) is 24.3 Å². The lowest BCUT2D eigenvalue weighted by molar-refractivity contribution is -0.139. The number of hydrogen-bond acceptors (Lipinski definition) is 5. The van der Waals surface area contributed by atoms with Crippen LogP contribution < -0.4 is 15.8 Å². The smallest absolute Gasteiger partial charge is 0.311 e. The first kappa shape index (κ1) is 23.3. The Morgan fingerprint density at radius 3 is 2.56 bits per heavy atom. The highest BCUT2D eigenvalue weighted by molar-refractivity contribution is 5.98. The van der Waals surface area contributed by atoms with E-state index < -0.39 is 17.9 Å². The summed E-state index contributed by atoms with van der Waals surface area (Å²) in [5.41, 5.74) is 8.23. The van der Waals surface area contributed by atoms with Crippen LogP contribution >= 0.6 is 0 Å². The van der Waals surface area contributed by atoms with Crippen LogP contribution in [0.1, 0.15) is 35.6 Å². The van der Waals surface area contributed by atoms with Gasteiger partial charge in [-0.05, 0) is 48.2 Å². The Morgan fingerprint density at radius 2 is 1.94 bits per heavy atom. The average molecular weight is 465 g/mol. The number of benzene rings is 2. The van der Waals surface area contributed by atoms with Gasteiger partial charge in [-0.3, -0.25) is 15.0 Å². The summed E-state index contributed by atoms with van der Waals surface area (Å²) in [4.78, 5) is 23.5. The Hall–Kier alpha value is -3.85. The molecule has 1 fully saturated rings. The number of ether oxygens (including phenoxy) is 1. The lowest BCUT2D eigenvalue weighted by Crippen LogP contribution is -2.20. The number of nitrogen functional groups attached to an aromatic ring is 1. The monoisotopic (exact) mass is 464 g/mol. The zero-order valence-electron chi connectivity index (χ0n) is 18.7. The SMILES string of the molecule is N=C(N)c1ccc2cc(CC(C(=O)O)c3ccc(O[C@H]4CCNC4)cc3)n(CCC(=O)O)c2c1. The van der Waals surface area contributed by atoms with Gasteiger partial charge in [0.25, 0.3) is 0 Å². The molecule has 0 amide bonds. The van der Waals surface area contributed by atoms with Gasteiger partial charge in [-0.25, -0.2) is 0 Å². The summed E-state index contributed by atoms with van der Waals surface area (Å²) < 4.78 is 7.75. The van der Waals surface area contributed by atoms with Crippen molar-refractivity contribution in [3.63, 3.8) is 0 Å². The van der Waals surface area contributed by atoms with Gasteiger partial charge in [-0.15, -0.1) is 0 Å².